The van der Waals surface area contributed by atoms with E-state index in [2.05, 4.69) is 15.4 Å². The van der Waals surface area contributed by atoms with Gasteiger partial charge in [0.2, 0.25) is 5.91 Å². The number of rotatable bonds is 6. The molecule has 8 nitrogen and oxygen atoms in total. The summed E-state index contributed by atoms with van der Waals surface area (Å²) in [7, 11) is 1.62. The molecule has 2 aromatic carbocycles. The molecule has 3 N–H and O–H groups in total. The Kier molecular flexibility index (Phi) is 5.36. The predicted molar refractivity (Wildman–Crippen MR) is 117 cm³/mol. The van der Waals surface area contributed by atoms with Crippen LogP contribution in [-0.4, -0.2) is 33.7 Å². The average molecular weight is 415 g/mol. The molecule has 4 aromatic rings. The van der Waals surface area contributed by atoms with E-state index in [-0.39, 0.29) is 11.3 Å². The summed E-state index contributed by atoms with van der Waals surface area (Å²) in [5.74, 6) is -0.275. The fraction of sp³-hybridized carbons (Fsp3) is 0.130. The highest BCUT2D eigenvalue weighted by Gasteiger charge is 2.17. The van der Waals surface area contributed by atoms with Crippen molar-refractivity contribution in [2.45, 2.75) is 13.5 Å². The summed E-state index contributed by atoms with van der Waals surface area (Å²) in [6.45, 7) is 2.35. The number of aromatic nitrogens is 3. The highest BCUT2D eigenvalue weighted by Crippen LogP contribution is 2.20. The van der Waals surface area contributed by atoms with Crippen molar-refractivity contribution >= 4 is 28.4 Å². The third-order valence-electron chi connectivity index (χ3n) is 4.91. The molecule has 4 rings (SSSR count). The first-order valence-corrected chi connectivity index (χ1v) is 9.62. The van der Waals surface area contributed by atoms with E-state index in [9.17, 15) is 9.59 Å². The lowest BCUT2D eigenvalue weighted by Crippen LogP contribution is -2.17. The number of hydrogen-bond donors (Lipinski definition) is 2. The Balaban J connectivity index is 1.57. The monoisotopic (exact) mass is 415 g/mol. The Bertz CT molecular complexity index is 1280. The zero-order chi connectivity index (χ0) is 22.0. The number of fused-ring (bicyclic) bond motifs is 1. The predicted octanol–water partition coefficient (Wildman–Crippen LogP) is 3.15. The SMILES string of the molecule is COc1ccc(Cn2cc(NC(=O)c3cc(C(N)=O)c4ccccc4n3)c(C)n2)cc1. The summed E-state index contributed by atoms with van der Waals surface area (Å²) < 4.78 is 6.92. The van der Waals surface area contributed by atoms with E-state index in [1.54, 1.807) is 42.3 Å². The number of nitrogens with zero attached hydrogens (tertiary/aromatic N) is 3. The Morgan fingerprint density at radius 1 is 1.13 bits per heavy atom. The molecule has 156 valence electrons. The minimum atomic E-state index is -0.615. The third kappa shape index (κ3) is 4.23. The van der Waals surface area contributed by atoms with Gasteiger partial charge in [-0.2, -0.15) is 5.10 Å². The first-order chi connectivity index (χ1) is 14.9. The molecule has 2 amide bonds. The molecule has 0 atom stereocenters. The molecule has 0 bridgehead atoms. The van der Waals surface area contributed by atoms with Crippen LogP contribution in [0.25, 0.3) is 10.9 Å². The van der Waals surface area contributed by atoms with Crippen LogP contribution in [0.3, 0.4) is 0 Å². The van der Waals surface area contributed by atoms with Gasteiger partial charge in [0.1, 0.15) is 11.4 Å². The summed E-state index contributed by atoms with van der Waals surface area (Å²) in [5, 5.41) is 7.90. The van der Waals surface area contributed by atoms with Gasteiger partial charge in [-0.15, -0.1) is 0 Å². The number of aryl methyl sites for hydroxylation is 1. The van der Waals surface area contributed by atoms with E-state index in [0.29, 0.717) is 28.8 Å². The average Bonchev–Trinajstić information content (AvgIpc) is 3.11. The Labute approximate surface area is 178 Å². The molecule has 0 saturated heterocycles. The van der Waals surface area contributed by atoms with Gasteiger partial charge in [-0.1, -0.05) is 30.3 Å². The zero-order valence-electron chi connectivity index (χ0n) is 17.1. The molecule has 2 heterocycles. The minimum absolute atomic E-state index is 0.106. The van der Waals surface area contributed by atoms with Crippen molar-refractivity contribution in [2.24, 2.45) is 5.73 Å². The molecule has 0 radical (unpaired) electrons. The maximum atomic E-state index is 12.8. The van der Waals surface area contributed by atoms with Crippen molar-refractivity contribution in [3.8, 4) is 5.75 Å². The van der Waals surface area contributed by atoms with Gasteiger partial charge < -0.3 is 15.8 Å². The van der Waals surface area contributed by atoms with Gasteiger partial charge in [0.05, 0.1) is 36.1 Å². The molecule has 0 unspecified atom stereocenters. The lowest BCUT2D eigenvalue weighted by molar-refractivity contribution is 0.100. The van der Waals surface area contributed by atoms with Crippen molar-refractivity contribution in [1.82, 2.24) is 14.8 Å². The van der Waals surface area contributed by atoms with Crippen LogP contribution in [0.15, 0.2) is 60.8 Å². The first kappa shape index (κ1) is 20.1. The molecular weight excluding hydrogens is 394 g/mol. The minimum Gasteiger partial charge on any atom is -0.497 e. The molecule has 0 spiro atoms. The maximum absolute atomic E-state index is 12.8. The molecule has 31 heavy (non-hydrogen) atoms. The number of ether oxygens (including phenoxy) is 1. The highest BCUT2D eigenvalue weighted by atomic mass is 16.5. The van der Waals surface area contributed by atoms with Gasteiger partial charge in [-0.05, 0) is 36.8 Å². The number of anilines is 1. The summed E-state index contributed by atoms with van der Waals surface area (Å²) in [5.41, 5.74) is 8.66. The Morgan fingerprint density at radius 2 is 1.87 bits per heavy atom. The topological polar surface area (TPSA) is 112 Å². The van der Waals surface area contributed by atoms with E-state index in [1.165, 1.54) is 6.07 Å². The second-order valence-electron chi connectivity index (χ2n) is 7.06. The number of nitrogens with one attached hydrogen (secondary N) is 1. The van der Waals surface area contributed by atoms with Crippen molar-refractivity contribution in [1.29, 1.82) is 0 Å². The molecule has 0 fully saturated rings. The van der Waals surface area contributed by atoms with E-state index >= 15 is 0 Å². The molecular formula is C23H21N5O3. The maximum Gasteiger partial charge on any atom is 0.274 e. The van der Waals surface area contributed by atoms with Crippen molar-refractivity contribution < 1.29 is 14.3 Å². The van der Waals surface area contributed by atoms with Crippen molar-refractivity contribution in [3.63, 3.8) is 0 Å². The highest BCUT2D eigenvalue weighted by molar-refractivity contribution is 6.10. The molecule has 0 aliphatic carbocycles. The van der Waals surface area contributed by atoms with E-state index < -0.39 is 11.8 Å². The van der Waals surface area contributed by atoms with E-state index in [4.69, 9.17) is 10.5 Å². The molecule has 0 saturated carbocycles. The lowest BCUT2D eigenvalue weighted by Gasteiger charge is -2.08. The summed E-state index contributed by atoms with van der Waals surface area (Å²) in [4.78, 5) is 29.1. The normalized spacial score (nSPS) is 10.8. The zero-order valence-corrected chi connectivity index (χ0v) is 17.1. The number of amides is 2. The Hall–Kier alpha value is -4.20. The van der Waals surface area contributed by atoms with Gasteiger partial charge in [-0.3, -0.25) is 14.3 Å². The fourth-order valence-electron chi connectivity index (χ4n) is 3.32. The van der Waals surface area contributed by atoms with Crippen LogP contribution in [0.1, 0.15) is 32.1 Å². The number of para-hydroxylation sites is 1. The van der Waals surface area contributed by atoms with Gasteiger partial charge >= 0.3 is 0 Å². The summed E-state index contributed by atoms with van der Waals surface area (Å²) >= 11 is 0. The molecule has 8 heteroatoms. The van der Waals surface area contributed by atoms with Gasteiger partial charge in [0.25, 0.3) is 5.91 Å². The fourth-order valence-corrected chi connectivity index (χ4v) is 3.32. The molecule has 2 aromatic heterocycles. The van der Waals surface area contributed by atoms with Crippen LogP contribution in [0.2, 0.25) is 0 Å². The number of carbonyl (C=O) groups excluding carboxylic acids is 2. The van der Waals surface area contributed by atoms with E-state index in [1.807, 2.05) is 31.2 Å². The van der Waals surface area contributed by atoms with Crippen LogP contribution >= 0.6 is 0 Å². The van der Waals surface area contributed by atoms with Crippen LogP contribution < -0.4 is 15.8 Å². The summed E-state index contributed by atoms with van der Waals surface area (Å²) in [6, 6.07) is 16.2. The van der Waals surface area contributed by atoms with Gasteiger partial charge in [-0.25, -0.2) is 4.98 Å². The van der Waals surface area contributed by atoms with Crippen molar-refractivity contribution in [3.05, 3.63) is 83.3 Å². The first-order valence-electron chi connectivity index (χ1n) is 9.62. The smallest absolute Gasteiger partial charge is 0.274 e. The summed E-state index contributed by atoms with van der Waals surface area (Å²) in [6.07, 6.45) is 1.76. The second-order valence-corrected chi connectivity index (χ2v) is 7.06. The quantitative estimate of drug-likeness (QED) is 0.502. The van der Waals surface area contributed by atoms with Crippen LogP contribution in [0.5, 0.6) is 5.75 Å². The number of pyridine rings is 1. The number of primary amides is 1. The molecule has 0 aliphatic rings. The Morgan fingerprint density at radius 3 is 2.58 bits per heavy atom. The standard InChI is InChI=1S/C23H21N5O3/c1-14-21(13-28(27-14)12-15-7-9-16(31-2)10-8-15)26-23(30)20-11-18(22(24)29)17-5-3-4-6-19(17)25-20/h3-11,13H,12H2,1-2H3,(H2,24,29)(H,26,30). The van der Waals surface area contributed by atoms with E-state index in [0.717, 1.165) is 11.3 Å². The molecule has 0 aliphatic heterocycles. The number of methoxy groups -OCH3 is 1. The third-order valence-corrected chi connectivity index (χ3v) is 4.91. The van der Waals surface area contributed by atoms with Crippen LogP contribution in [-0.2, 0) is 6.54 Å². The van der Waals surface area contributed by atoms with Crippen LogP contribution in [0.4, 0.5) is 5.69 Å². The van der Waals surface area contributed by atoms with Crippen molar-refractivity contribution in [2.75, 3.05) is 12.4 Å². The largest absolute Gasteiger partial charge is 0.497 e. The number of benzene rings is 2. The number of hydrogen-bond acceptors (Lipinski definition) is 5. The van der Waals surface area contributed by atoms with Crippen LogP contribution in [0, 0.1) is 6.92 Å². The van der Waals surface area contributed by atoms with Gasteiger partial charge in [0, 0.05) is 11.6 Å². The number of nitrogens with two attached hydrogens (primary N) is 1. The van der Waals surface area contributed by atoms with Gasteiger partial charge in [0.15, 0.2) is 0 Å². The lowest BCUT2D eigenvalue weighted by atomic mass is 10.1. The second kappa shape index (κ2) is 8.27. The number of carbonyl (C=O) groups is 2.